The van der Waals surface area contributed by atoms with Crippen LogP contribution in [0.15, 0.2) is 38.5 Å². The molecule has 0 saturated heterocycles. The van der Waals surface area contributed by atoms with Crippen molar-refractivity contribution in [2.45, 2.75) is 63.6 Å². The van der Waals surface area contributed by atoms with E-state index in [1.807, 2.05) is 19.2 Å². The van der Waals surface area contributed by atoms with Crippen molar-refractivity contribution >= 4 is 38.0 Å². The van der Waals surface area contributed by atoms with Gasteiger partial charge in [-0.3, -0.25) is 0 Å². The van der Waals surface area contributed by atoms with Crippen LogP contribution >= 0.6 is 0 Å². The Balaban J connectivity index is 0.000000155. The Hall–Kier alpha value is -3.01. The molecular weight excluding hydrogens is 430 g/mol. The van der Waals surface area contributed by atoms with Gasteiger partial charge in [-0.25, -0.2) is 18.4 Å². The first kappa shape index (κ1) is 22.2. The number of aryl methyl sites for hydroxylation is 2. The highest BCUT2D eigenvalue weighted by Gasteiger charge is 2.16. The summed E-state index contributed by atoms with van der Waals surface area (Å²) in [5.74, 6) is 2.43. The van der Waals surface area contributed by atoms with Crippen molar-refractivity contribution in [1.29, 1.82) is 0 Å². The molecule has 0 spiro atoms. The van der Waals surface area contributed by atoms with E-state index >= 15 is 0 Å². The number of hydrogen-bond donors (Lipinski definition) is 1. The van der Waals surface area contributed by atoms with Crippen LogP contribution < -0.4 is 5.32 Å². The molecule has 10 heteroatoms. The van der Waals surface area contributed by atoms with Gasteiger partial charge < -0.3 is 14.2 Å². The zero-order valence-corrected chi connectivity index (χ0v) is 19.3. The van der Waals surface area contributed by atoms with Gasteiger partial charge in [0.15, 0.2) is 0 Å². The molecule has 9 nitrogen and oxygen atoms in total. The molecule has 0 radical (unpaired) electrons. The average Bonchev–Trinajstić information content (AvgIpc) is 3.51. The summed E-state index contributed by atoms with van der Waals surface area (Å²) in [6.45, 7) is 4.02. The lowest BCUT2D eigenvalue weighted by atomic mass is 10.2. The Kier molecular flexibility index (Phi) is 6.40. The normalized spacial score (nSPS) is 14.6. The molecule has 0 aliphatic heterocycles. The lowest BCUT2D eigenvalue weighted by molar-refractivity contribution is 0.540. The minimum atomic E-state index is -3.37. The fraction of sp³-hybridized carbons (Fsp3) is 0.455. The lowest BCUT2D eigenvalue weighted by Gasteiger charge is -2.10. The minimum Gasteiger partial charge on any atom is -0.443 e. The second-order valence-electron chi connectivity index (χ2n) is 7.90. The van der Waals surface area contributed by atoms with Gasteiger partial charge in [0.05, 0.1) is 10.8 Å². The monoisotopic (exact) mass is 457 g/mol. The molecule has 4 aromatic rings. The third-order valence-electron chi connectivity index (χ3n) is 5.34. The van der Waals surface area contributed by atoms with Gasteiger partial charge in [0.1, 0.15) is 11.5 Å². The van der Waals surface area contributed by atoms with Crippen molar-refractivity contribution in [3.63, 3.8) is 0 Å². The second-order valence-corrected chi connectivity index (χ2v) is 9.81. The number of aromatic nitrogens is 4. The minimum absolute atomic E-state index is 0.202. The Labute approximate surface area is 186 Å². The molecule has 1 N–H and O–H groups in total. The first-order valence-electron chi connectivity index (χ1n) is 10.8. The quantitative estimate of drug-likeness (QED) is 0.436. The molecule has 32 heavy (non-hydrogen) atoms. The number of fused-ring (bicyclic) bond motifs is 2. The molecule has 1 aliphatic rings. The first-order chi connectivity index (χ1) is 15.4. The zero-order valence-electron chi connectivity index (χ0n) is 18.5. The molecule has 0 atom stereocenters. The topological polar surface area (TPSA) is 124 Å². The molecule has 170 valence electrons. The maximum absolute atomic E-state index is 11.2. The van der Waals surface area contributed by atoms with E-state index in [2.05, 4.69) is 32.2 Å². The van der Waals surface area contributed by atoms with Gasteiger partial charge in [-0.15, -0.1) is 0 Å². The predicted molar refractivity (Wildman–Crippen MR) is 121 cm³/mol. The smallest absolute Gasteiger partial charge is 0.250 e. The summed E-state index contributed by atoms with van der Waals surface area (Å²) < 4.78 is 33.3. The molecule has 0 bridgehead atoms. The average molecular weight is 458 g/mol. The third kappa shape index (κ3) is 5.07. The molecule has 1 fully saturated rings. The largest absolute Gasteiger partial charge is 0.443 e. The van der Waals surface area contributed by atoms with Crippen LogP contribution in [-0.4, -0.2) is 40.7 Å². The summed E-state index contributed by atoms with van der Waals surface area (Å²) in [4.78, 5) is 16.4. The Morgan fingerprint density at radius 3 is 2.06 bits per heavy atom. The molecular formula is C22H27N5O4S. The number of rotatable bonds is 5. The fourth-order valence-electron chi connectivity index (χ4n) is 3.60. The van der Waals surface area contributed by atoms with Crippen LogP contribution in [0.3, 0.4) is 0 Å². The van der Waals surface area contributed by atoms with Crippen LogP contribution in [0.4, 0.5) is 5.95 Å². The molecule has 5 rings (SSSR count). The fourth-order valence-corrected chi connectivity index (χ4v) is 4.09. The summed E-state index contributed by atoms with van der Waals surface area (Å²) >= 11 is 0. The van der Waals surface area contributed by atoms with E-state index < -0.39 is 9.84 Å². The number of furan rings is 2. The molecule has 0 unspecified atom stereocenters. The summed E-state index contributed by atoms with van der Waals surface area (Å²) in [6.07, 6.45) is 11.1. The molecule has 4 aromatic heterocycles. The first-order valence-corrected chi connectivity index (χ1v) is 12.7. The van der Waals surface area contributed by atoms with Crippen LogP contribution in [0.25, 0.3) is 22.2 Å². The molecule has 1 aliphatic carbocycles. The van der Waals surface area contributed by atoms with Gasteiger partial charge in [-0.05, 0) is 25.0 Å². The van der Waals surface area contributed by atoms with Gasteiger partial charge >= 0.3 is 0 Å². The Morgan fingerprint density at radius 2 is 1.50 bits per heavy atom. The highest BCUT2D eigenvalue weighted by Crippen LogP contribution is 2.23. The van der Waals surface area contributed by atoms with E-state index in [0.717, 1.165) is 41.4 Å². The van der Waals surface area contributed by atoms with Gasteiger partial charge in [0.2, 0.25) is 32.4 Å². The molecule has 0 aromatic carbocycles. The van der Waals surface area contributed by atoms with Crippen molar-refractivity contribution in [2.24, 2.45) is 0 Å². The summed E-state index contributed by atoms with van der Waals surface area (Å²) in [7, 11) is -3.37. The van der Waals surface area contributed by atoms with Gasteiger partial charge in [-0.2, -0.15) is 9.97 Å². The Bertz CT molecular complexity index is 1320. The van der Waals surface area contributed by atoms with Gasteiger partial charge in [0, 0.05) is 37.5 Å². The highest BCUT2D eigenvalue weighted by molar-refractivity contribution is 7.90. The predicted octanol–water partition coefficient (Wildman–Crippen LogP) is 4.33. The zero-order chi connectivity index (χ0) is 22.7. The van der Waals surface area contributed by atoms with Crippen LogP contribution in [0.1, 0.15) is 51.1 Å². The van der Waals surface area contributed by atoms with E-state index in [1.165, 1.54) is 31.9 Å². The SMILES string of the molecule is CCc1cc2cnc(NC3CCCC3)nc2o1.CCc1cc2cnc(S(C)(=O)=O)nc2o1. The number of anilines is 1. The summed E-state index contributed by atoms with van der Waals surface area (Å²) in [6, 6.07) is 4.35. The number of nitrogens with one attached hydrogen (secondary N) is 1. The highest BCUT2D eigenvalue weighted by atomic mass is 32.2. The third-order valence-corrected chi connectivity index (χ3v) is 6.20. The summed E-state index contributed by atoms with van der Waals surface area (Å²) in [5.41, 5.74) is 1.01. The second kappa shape index (κ2) is 9.23. The van der Waals surface area contributed by atoms with Crippen LogP contribution in [0, 0.1) is 0 Å². The Morgan fingerprint density at radius 1 is 0.938 bits per heavy atom. The van der Waals surface area contributed by atoms with E-state index in [-0.39, 0.29) is 5.16 Å². The van der Waals surface area contributed by atoms with Crippen LogP contribution in [0.5, 0.6) is 0 Å². The van der Waals surface area contributed by atoms with Gasteiger partial charge in [-0.1, -0.05) is 26.7 Å². The van der Waals surface area contributed by atoms with Crippen molar-refractivity contribution in [2.75, 3.05) is 11.6 Å². The maximum Gasteiger partial charge on any atom is 0.250 e. The standard InChI is InChI=1S/C13H17N3O.C9H10N2O3S/c1-2-11-7-9-8-14-13(16-12(9)17-11)15-10-5-3-4-6-10;1-3-7-4-6-5-10-9(15(2,12)13)11-8(6)14-7/h7-8,10H,2-6H2,1H3,(H,14,15,16);4-5H,3H2,1-2H3. The molecule has 4 heterocycles. The maximum atomic E-state index is 11.2. The van der Waals surface area contributed by atoms with Crippen LogP contribution in [-0.2, 0) is 22.7 Å². The number of hydrogen-bond acceptors (Lipinski definition) is 9. The van der Waals surface area contributed by atoms with Crippen molar-refractivity contribution in [1.82, 2.24) is 19.9 Å². The van der Waals surface area contributed by atoms with Crippen molar-refractivity contribution < 1.29 is 17.3 Å². The van der Waals surface area contributed by atoms with Crippen molar-refractivity contribution in [3.05, 3.63) is 36.0 Å². The van der Waals surface area contributed by atoms with Crippen LogP contribution in [0.2, 0.25) is 0 Å². The number of sulfone groups is 1. The lowest BCUT2D eigenvalue weighted by Crippen LogP contribution is -2.16. The summed E-state index contributed by atoms with van der Waals surface area (Å²) in [5, 5.41) is 4.88. The van der Waals surface area contributed by atoms with E-state index in [9.17, 15) is 8.42 Å². The van der Waals surface area contributed by atoms with E-state index in [0.29, 0.717) is 23.4 Å². The molecule has 1 saturated carbocycles. The number of nitrogens with zero attached hydrogens (tertiary/aromatic N) is 4. The van der Waals surface area contributed by atoms with Crippen molar-refractivity contribution in [3.8, 4) is 0 Å². The van der Waals surface area contributed by atoms with E-state index in [4.69, 9.17) is 8.83 Å². The van der Waals surface area contributed by atoms with E-state index in [1.54, 1.807) is 6.07 Å². The van der Waals surface area contributed by atoms with Gasteiger partial charge in [0.25, 0.3) is 0 Å². The molecule has 0 amide bonds.